The third-order valence-electron chi connectivity index (χ3n) is 1.80. The van der Waals surface area contributed by atoms with Gasteiger partial charge in [0, 0.05) is 0 Å². The molecule has 2 unspecified atom stereocenters. The number of ether oxygens (including phenoxy) is 1. The van der Waals surface area contributed by atoms with Gasteiger partial charge in [-0.3, -0.25) is 0 Å². The van der Waals surface area contributed by atoms with Crippen LogP contribution in [0.15, 0.2) is 0 Å². The molecule has 2 N–H and O–H groups in total. The van der Waals surface area contributed by atoms with E-state index in [1.807, 2.05) is 4.93 Å². The van der Waals surface area contributed by atoms with Crippen LogP contribution in [0, 0.1) is 5.92 Å². The van der Waals surface area contributed by atoms with Gasteiger partial charge in [0.25, 0.3) is 0 Å². The molecule has 0 spiro atoms. The van der Waals surface area contributed by atoms with Gasteiger partial charge in [-0.2, -0.15) is 0 Å². The number of hydrogen-bond acceptors (Lipinski definition) is 4. The van der Waals surface area contributed by atoms with Crippen LogP contribution in [0.3, 0.4) is 0 Å². The third-order valence-corrected chi connectivity index (χ3v) is 4.96. The summed E-state index contributed by atoms with van der Waals surface area (Å²) in [6, 6.07) is 0. The number of carbonyl (C=O) groups is 2. The van der Waals surface area contributed by atoms with E-state index in [0.29, 0.717) is 0 Å². The summed E-state index contributed by atoms with van der Waals surface area (Å²) in [5.74, 6) is -1.50. The van der Waals surface area contributed by atoms with Crippen LogP contribution in [0.1, 0.15) is 6.92 Å². The Kier molecular flexibility index (Phi) is 2.19. The Morgan fingerprint density at radius 1 is 1.64 bits per heavy atom. The summed E-state index contributed by atoms with van der Waals surface area (Å²) in [6.07, 6.45) is 0. The van der Waals surface area contributed by atoms with Crippen LogP contribution < -0.4 is 26.9 Å². The van der Waals surface area contributed by atoms with Gasteiger partial charge in [0.15, 0.2) is 0 Å². The average Bonchev–Trinajstić information content (AvgIpc) is 2.16. The van der Waals surface area contributed by atoms with Gasteiger partial charge in [-0.05, 0) is 0 Å². The van der Waals surface area contributed by atoms with Crippen molar-refractivity contribution in [3.8, 4) is 0 Å². The maximum atomic E-state index is 11.0. The first-order chi connectivity index (χ1) is 5.02. The van der Waals surface area contributed by atoms with Crippen molar-refractivity contribution in [3.05, 3.63) is 0 Å². The van der Waals surface area contributed by atoms with E-state index in [9.17, 15) is 9.59 Å². The van der Waals surface area contributed by atoms with Gasteiger partial charge in [0.1, 0.15) is 0 Å². The molecule has 2 atom stereocenters. The monoisotopic (exact) mass is 270 g/mol. The molecule has 11 heavy (non-hydrogen) atoms. The van der Waals surface area contributed by atoms with Crippen molar-refractivity contribution in [2.45, 2.75) is 10.5 Å². The van der Waals surface area contributed by atoms with Crippen LogP contribution in [-0.4, -0.2) is 20.4 Å². The first-order valence-corrected chi connectivity index (χ1v) is 6.31. The topological polar surface area (TPSA) is 69.4 Å². The predicted molar refractivity (Wildman–Crippen MR) is 33.1 cm³/mol. The minimum atomic E-state index is -0.976. The van der Waals surface area contributed by atoms with E-state index in [1.54, 1.807) is 6.92 Å². The molecule has 5 heteroatoms. The number of hydrogen-bond donors (Lipinski definition) is 1. The second kappa shape index (κ2) is 2.71. The normalized spacial score (nSPS) is 37.9. The van der Waals surface area contributed by atoms with E-state index in [1.165, 1.54) is 0 Å². The van der Waals surface area contributed by atoms with E-state index < -0.39 is 42.6 Å². The summed E-state index contributed by atoms with van der Waals surface area (Å²) in [7, 11) is 0. The molecule has 1 aliphatic rings. The van der Waals surface area contributed by atoms with Crippen LogP contribution in [0.25, 0.3) is 0 Å². The Morgan fingerprint density at radius 3 is 2.36 bits per heavy atom. The Balaban J connectivity index is 2.96. The molecule has 1 rings (SSSR count). The molecule has 0 saturated carbocycles. The van der Waals surface area contributed by atoms with Crippen molar-refractivity contribution < 1.29 is 35.5 Å². The fourth-order valence-corrected chi connectivity index (χ4v) is 2.59. The van der Waals surface area contributed by atoms with Crippen molar-refractivity contribution >= 4 is 11.9 Å². The third kappa shape index (κ3) is 1.16. The molecule has 0 aromatic heterocycles. The molecule has 0 radical (unpaired) electrons. The van der Waals surface area contributed by atoms with E-state index >= 15 is 0 Å². The molecule has 1 aliphatic heterocycles. The van der Waals surface area contributed by atoms with Crippen LogP contribution >= 0.6 is 0 Å². The first-order valence-electron chi connectivity index (χ1n) is 3.08. The molecular formula is C6H9INO3-. The van der Waals surface area contributed by atoms with Gasteiger partial charge in [-0.25, -0.2) is 0 Å². The van der Waals surface area contributed by atoms with Crippen molar-refractivity contribution in [2.24, 2.45) is 11.7 Å². The van der Waals surface area contributed by atoms with E-state index in [0.717, 1.165) is 0 Å². The summed E-state index contributed by atoms with van der Waals surface area (Å²) in [6.45, 7) is 1.64. The number of alkyl halides is 2. The molecule has 1 saturated heterocycles. The molecular weight excluding hydrogens is 261 g/mol. The maximum absolute atomic E-state index is 11.0. The molecule has 1 heterocycles. The SMILES string of the molecule is C[I-]C1(N)C(=O)OC(=O)C1C. The standard InChI is InChI=1S/C6H9INO3/c1-3-4(9)11-5(10)6(3,8)7-2/h3H,8H2,1-2H3/q-1. The zero-order valence-corrected chi connectivity index (χ0v) is 8.41. The van der Waals surface area contributed by atoms with Crippen molar-refractivity contribution in [1.82, 2.24) is 0 Å². The van der Waals surface area contributed by atoms with Crippen LogP contribution in [0.5, 0.6) is 0 Å². The summed E-state index contributed by atoms with van der Waals surface area (Å²) < 4.78 is 3.43. The Labute approximate surface area is 74.7 Å². The summed E-state index contributed by atoms with van der Waals surface area (Å²) in [5.41, 5.74) is 5.69. The molecule has 4 nitrogen and oxygen atoms in total. The fraction of sp³-hybridized carbons (Fsp3) is 0.667. The number of nitrogens with two attached hydrogens (primary N) is 1. The molecule has 1 fully saturated rings. The number of esters is 2. The average molecular weight is 270 g/mol. The zero-order valence-electron chi connectivity index (χ0n) is 6.26. The molecule has 64 valence electrons. The van der Waals surface area contributed by atoms with Crippen molar-refractivity contribution in [2.75, 3.05) is 4.93 Å². The molecule has 0 aliphatic carbocycles. The fourth-order valence-electron chi connectivity index (χ4n) is 0.847. The predicted octanol–water partition coefficient (Wildman–Crippen LogP) is -3.92. The van der Waals surface area contributed by atoms with Gasteiger partial charge in [-0.1, -0.05) is 0 Å². The summed E-state index contributed by atoms with van der Waals surface area (Å²) >= 11 is -0.505. The first kappa shape index (κ1) is 8.92. The van der Waals surface area contributed by atoms with Gasteiger partial charge in [0.05, 0.1) is 0 Å². The number of rotatable bonds is 1. The second-order valence-electron chi connectivity index (χ2n) is 2.39. The molecule has 0 amide bonds. The number of halogens is 1. The van der Waals surface area contributed by atoms with Crippen molar-refractivity contribution in [3.63, 3.8) is 0 Å². The quantitative estimate of drug-likeness (QED) is 0.174. The molecule has 0 aromatic carbocycles. The Bertz CT molecular complexity index is 218. The van der Waals surface area contributed by atoms with Crippen LogP contribution in [0.4, 0.5) is 0 Å². The number of carbonyl (C=O) groups excluding carboxylic acids is 2. The van der Waals surface area contributed by atoms with Gasteiger partial charge < -0.3 is 0 Å². The van der Waals surface area contributed by atoms with Crippen LogP contribution in [0.2, 0.25) is 0 Å². The van der Waals surface area contributed by atoms with Gasteiger partial charge in [-0.15, -0.1) is 0 Å². The second-order valence-corrected chi connectivity index (χ2v) is 5.25. The molecule has 0 aromatic rings. The summed E-state index contributed by atoms with van der Waals surface area (Å²) in [4.78, 5) is 23.7. The zero-order chi connectivity index (χ0) is 8.65. The summed E-state index contributed by atoms with van der Waals surface area (Å²) in [5, 5.41) is 0. The van der Waals surface area contributed by atoms with E-state index in [4.69, 9.17) is 5.73 Å². The van der Waals surface area contributed by atoms with E-state index in [2.05, 4.69) is 4.74 Å². The number of cyclic esters (lactones) is 2. The van der Waals surface area contributed by atoms with Gasteiger partial charge in [0.2, 0.25) is 0 Å². The Morgan fingerprint density at radius 2 is 2.18 bits per heavy atom. The Hall–Kier alpha value is -0.170. The van der Waals surface area contributed by atoms with Crippen LogP contribution in [-0.2, 0) is 14.3 Å². The van der Waals surface area contributed by atoms with E-state index in [-0.39, 0.29) is 0 Å². The van der Waals surface area contributed by atoms with Gasteiger partial charge >= 0.3 is 74.5 Å². The molecule has 0 bridgehead atoms. The minimum absolute atomic E-state index is 0.465. The van der Waals surface area contributed by atoms with Crippen molar-refractivity contribution in [1.29, 1.82) is 0 Å².